The zero-order valence-corrected chi connectivity index (χ0v) is 15.8. The molecule has 0 aliphatic carbocycles. The van der Waals surface area contributed by atoms with Gasteiger partial charge in [-0.1, -0.05) is 41.8 Å². The molecule has 28 heavy (non-hydrogen) atoms. The molecule has 2 aliphatic heterocycles. The van der Waals surface area contributed by atoms with Gasteiger partial charge in [-0.15, -0.1) is 13.0 Å². The van der Waals surface area contributed by atoms with Crippen molar-refractivity contribution in [1.82, 2.24) is 20.4 Å². The molecule has 1 aromatic rings. The van der Waals surface area contributed by atoms with Crippen molar-refractivity contribution in [2.45, 2.75) is 6.04 Å². The van der Waals surface area contributed by atoms with Crippen molar-refractivity contribution in [1.29, 1.82) is 0 Å². The van der Waals surface area contributed by atoms with E-state index < -0.39 is 6.04 Å². The topological polar surface area (TPSA) is 81.8 Å². The molecular weight excluding hydrogens is 380 g/mol. The highest BCUT2D eigenvalue weighted by Gasteiger charge is 2.44. The molecule has 4 amide bonds. The molecule has 0 saturated carbocycles. The van der Waals surface area contributed by atoms with Gasteiger partial charge in [0.2, 0.25) is 5.91 Å². The minimum absolute atomic E-state index is 0.0822. The van der Waals surface area contributed by atoms with Crippen LogP contribution in [0.25, 0.3) is 0 Å². The first-order valence-electron chi connectivity index (χ1n) is 8.63. The number of carbonyl (C=O) groups excluding carboxylic acids is 3. The van der Waals surface area contributed by atoms with E-state index >= 15 is 0 Å². The molecule has 3 rings (SSSR count). The Kier molecular flexibility index (Phi) is 5.71. The normalized spacial score (nSPS) is 18.5. The number of hydrogen-bond donors (Lipinski definition) is 2. The van der Waals surface area contributed by atoms with Gasteiger partial charge < -0.3 is 15.5 Å². The summed E-state index contributed by atoms with van der Waals surface area (Å²) in [6.45, 7) is 3.98. The minimum atomic E-state index is -0.691. The largest absolute Gasteiger partial charge is 0.344 e. The number of rotatable bonds is 6. The van der Waals surface area contributed by atoms with Gasteiger partial charge in [0.1, 0.15) is 6.54 Å². The van der Waals surface area contributed by atoms with Crippen molar-refractivity contribution in [3.8, 4) is 12.3 Å². The molecule has 2 aliphatic rings. The number of hydrogen-bond acceptors (Lipinski definition) is 3. The number of halogens is 1. The molecule has 1 atom stereocenters. The fraction of sp³-hybridized carbons (Fsp3) is 0.250. The third kappa shape index (κ3) is 3.59. The predicted molar refractivity (Wildman–Crippen MR) is 105 cm³/mol. The molecule has 2 heterocycles. The summed E-state index contributed by atoms with van der Waals surface area (Å²) in [5.41, 5.74) is 1.57. The quantitative estimate of drug-likeness (QED) is 0.562. The molecule has 0 fully saturated rings. The zero-order chi connectivity index (χ0) is 20.3. The summed E-state index contributed by atoms with van der Waals surface area (Å²) in [7, 11) is 0. The average Bonchev–Trinajstić information content (AvgIpc) is 2.99. The Morgan fingerprint density at radius 2 is 2.18 bits per heavy atom. The van der Waals surface area contributed by atoms with E-state index in [-0.39, 0.29) is 44.0 Å². The summed E-state index contributed by atoms with van der Waals surface area (Å²) >= 11 is 6.31. The molecule has 7 nitrogen and oxygen atoms in total. The van der Waals surface area contributed by atoms with E-state index in [1.54, 1.807) is 30.3 Å². The number of benzene rings is 1. The van der Waals surface area contributed by atoms with Gasteiger partial charge in [0.25, 0.3) is 5.91 Å². The highest BCUT2D eigenvalue weighted by Crippen LogP contribution is 2.38. The Bertz CT molecular complexity index is 918. The van der Waals surface area contributed by atoms with Crippen LogP contribution in [0.1, 0.15) is 11.6 Å². The first kappa shape index (κ1) is 19.5. The van der Waals surface area contributed by atoms with E-state index in [0.717, 1.165) is 0 Å². The van der Waals surface area contributed by atoms with Crippen LogP contribution in [0.2, 0.25) is 5.02 Å². The van der Waals surface area contributed by atoms with Gasteiger partial charge in [-0.3, -0.25) is 14.5 Å². The Morgan fingerprint density at radius 3 is 2.86 bits per heavy atom. The first-order valence-corrected chi connectivity index (χ1v) is 9.01. The van der Waals surface area contributed by atoms with Gasteiger partial charge >= 0.3 is 6.03 Å². The van der Waals surface area contributed by atoms with Crippen molar-refractivity contribution in [3.63, 3.8) is 0 Å². The monoisotopic (exact) mass is 398 g/mol. The second-order valence-corrected chi connectivity index (χ2v) is 6.71. The van der Waals surface area contributed by atoms with Crippen molar-refractivity contribution >= 4 is 29.4 Å². The predicted octanol–water partition coefficient (Wildman–Crippen LogP) is 1.44. The number of nitrogens with zero attached hydrogens (tertiary/aromatic N) is 2. The molecule has 1 aromatic carbocycles. The average molecular weight is 399 g/mol. The van der Waals surface area contributed by atoms with Crippen LogP contribution in [0.5, 0.6) is 0 Å². The Morgan fingerprint density at radius 1 is 1.43 bits per heavy atom. The van der Waals surface area contributed by atoms with Crippen molar-refractivity contribution in [2.75, 3.05) is 26.2 Å². The summed E-state index contributed by atoms with van der Waals surface area (Å²) in [5.74, 6) is 1.62. The SMILES string of the molecule is C#CCNC(=O)CN1CC2=C(C1=O)[C@H](c1ccccc1Cl)NC(=O)N2CC=C. The fourth-order valence-electron chi connectivity index (χ4n) is 3.32. The Labute approximate surface area is 168 Å². The van der Waals surface area contributed by atoms with E-state index in [2.05, 4.69) is 23.1 Å². The van der Waals surface area contributed by atoms with E-state index in [4.69, 9.17) is 18.0 Å². The van der Waals surface area contributed by atoms with E-state index in [1.807, 2.05) is 0 Å². The van der Waals surface area contributed by atoms with Crippen molar-refractivity contribution in [3.05, 3.63) is 58.8 Å². The maximum atomic E-state index is 13.1. The van der Waals surface area contributed by atoms with Gasteiger partial charge in [-0.05, 0) is 11.6 Å². The van der Waals surface area contributed by atoms with Gasteiger partial charge in [0.05, 0.1) is 30.4 Å². The second-order valence-electron chi connectivity index (χ2n) is 6.31. The van der Waals surface area contributed by atoms with E-state index in [0.29, 0.717) is 21.9 Å². The molecule has 8 heteroatoms. The number of nitrogens with one attached hydrogen (secondary N) is 2. The zero-order valence-electron chi connectivity index (χ0n) is 15.1. The van der Waals surface area contributed by atoms with Crippen LogP contribution in [-0.4, -0.2) is 53.8 Å². The number of terminal acetylenes is 1. The first-order chi connectivity index (χ1) is 13.5. The van der Waals surface area contributed by atoms with Gasteiger partial charge in [0, 0.05) is 11.6 Å². The van der Waals surface area contributed by atoms with Crippen molar-refractivity contribution < 1.29 is 14.4 Å². The maximum Gasteiger partial charge on any atom is 0.322 e. The van der Waals surface area contributed by atoms with Crippen LogP contribution in [0.4, 0.5) is 4.79 Å². The van der Waals surface area contributed by atoms with Crippen LogP contribution >= 0.6 is 11.6 Å². The summed E-state index contributed by atoms with van der Waals surface area (Å²) in [6.07, 6.45) is 6.72. The molecule has 144 valence electrons. The lowest BCUT2D eigenvalue weighted by atomic mass is 9.95. The second kappa shape index (κ2) is 8.19. The molecule has 2 N–H and O–H groups in total. The molecule has 0 saturated heterocycles. The highest BCUT2D eigenvalue weighted by atomic mass is 35.5. The summed E-state index contributed by atoms with van der Waals surface area (Å²) in [4.78, 5) is 40.6. The van der Waals surface area contributed by atoms with Crippen LogP contribution < -0.4 is 10.6 Å². The fourth-order valence-corrected chi connectivity index (χ4v) is 3.56. The maximum absolute atomic E-state index is 13.1. The third-order valence-electron chi connectivity index (χ3n) is 4.55. The van der Waals surface area contributed by atoms with Crippen LogP contribution in [0, 0.1) is 12.3 Å². The molecule has 0 radical (unpaired) electrons. The lowest BCUT2D eigenvalue weighted by Crippen LogP contribution is -2.47. The summed E-state index contributed by atoms with van der Waals surface area (Å²) < 4.78 is 0. The lowest BCUT2D eigenvalue weighted by Gasteiger charge is -2.33. The number of carbonyl (C=O) groups is 3. The Balaban J connectivity index is 1.96. The molecule has 0 aromatic heterocycles. The molecule has 0 spiro atoms. The molecule has 0 bridgehead atoms. The Hall–Kier alpha value is -3.24. The smallest absolute Gasteiger partial charge is 0.322 e. The van der Waals surface area contributed by atoms with Gasteiger partial charge in [-0.2, -0.15) is 0 Å². The summed E-state index contributed by atoms with van der Waals surface area (Å²) in [6, 6.07) is 5.97. The van der Waals surface area contributed by atoms with Crippen LogP contribution in [-0.2, 0) is 9.59 Å². The number of urea groups is 1. The lowest BCUT2D eigenvalue weighted by molar-refractivity contribution is -0.131. The third-order valence-corrected chi connectivity index (χ3v) is 4.89. The van der Waals surface area contributed by atoms with E-state index in [1.165, 1.54) is 9.80 Å². The highest BCUT2D eigenvalue weighted by molar-refractivity contribution is 6.31. The van der Waals surface area contributed by atoms with E-state index in [9.17, 15) is 14.4 Å². The van der Waals surface area contributed by atoms with Crippen LogP contribution in [0.15, 0.2) is 48.2 Å². The minimum Gasteiger partial charge on any atom is -0.344 e. The molecule has 0 unspecified atom stereocenters. The van der Waals surface area contributed by atoms with Gasteiger partial charge in [-0.25, -0.2) is 4.79 Å². The standard InChI is InChI=1S/C20H19ClN4O3/c1-3-9-22-16(26)12-24-11-15-17(19(24)27)18(13-7-5-6-8-14(13)21)23-20(28)25(15)10-4-2/h1,4-8,18H,2,9-12H2,(H,22,26)(H,23,28)/t18-/m0/s1. The molecular formula is C20H19ClN4O3. The van der Waals surface area contributed by atoms with Crippen molar-refractivity contribution in [2.24, 2.45) is 0 Å². The van der Waals surface area contributed by atoms with Gasteiger partial charge in [0.15, 0.2) is 0 Å². The van der Waals surface area contributed by atoms with Crippen LogP contribution in [0.3, 0.4) is 0 Å². The number of amides is 4. The summed E-state index contributed by atoms with van der Waals surface area (Å²) in [5, 5.41) is 5.82.